The lowest BCUT2D eigenvalue weighted by atomic mass is 10.0. The number of carbonyl (C=O) groups is 2. The number of carboxylic acids is 2. The van der Waals surface area contributed by atoms with Crippen LogP contribution in [0.5, 0.6) is 0 Å². The van der Waals surface area contributed by atoms with Crippen LogP contribution in [0.15, 0.2) is 11.1 Å². The van der Waals surface area contributed by atoms with Crippen molar-refractivity contribution in [1.29, 1.82) is 0 Å². The molecule has 0 saturated carbocycles. The first-order valence-corrected chi connectivity index (χ1v) is 4.75. The second-order valence-corrected chi connectivity index (χ2v) is 2.59. The number of aliphatic hydroxyl groups is 1. The average Bonchev–Trinajstić information content (AvgIpc) is 2.13. The molecule has 0 spiro atoms. The third-order valence-electron chi connectivity index (χ3n) is 1.59. The summed E-state index contributed by atoms with van der Waals surface area (Å²) in [5.41, 5.74) is -0.0185. The third kappa shape index (κ3) is 8.26. The first-order valence-electron chi connectivity index (χ1n) is 4.75. The van der Waals surface area contributed by atoms with E-state index >= 15 is 0 Å². The van der Waals surface area contributed by atoms with E-state index in [0.717, 1.165) is 0 Å². The molecule has 0 radical (unpaired) electrons. The van der Waals surface area contributed by atoms with Crippen LogP contribution in [-0.4, -0.2) is 33.9 Å². The monoisotopic (exact) mass is 254 g/mol. The maximum Gasteiger partial charge on any atom is 0.332 e. The minimum atomic E-state index is -1.14. The highest BCUT2D eigenvalue weighted by Gasteiger charge is 2.16. The van der Waals surface area contributed by atoms with Gasteiger partial charge in [-0.15, -0.1) is 12.4 Å². The predicted molar refractivity (Wildman–Crippen MR) is 62.9 cm³/mol. The Morgan fingerprint density at radius 1 is 0.875 bits per heavy atom. The van der Waals surface area contributed by atoms with Gasteiger partial charge in [-0.25, -0.2) is 9.59 Å². The molecule has 0 saturated heterocycles. The van der Waals surface area contributed by atoms with Crippen molar-refractivity contribution in [3.8, 4) is 0 Å². The number of hydrogen-bond acceptors (Lipinski definition) is 3. The summed E-state index contributed by atoms with van der Waals surface area (Å²) in [6, 6.07) is 0. The van der Waals surface area contributed by atoms with Crippen molar-refractivity contribution in [3.05, 3.63) is 11.1 Å². The van der Waals surface area contributed by atoms with Crippen LogP contribution in [0, 0.1) is 0 Å². The summed E-state index contributed by atoms with van der Waals surface area (Å²) in [6.07, 6.45) is 0.482. The van der Waals surface area contributed by atoms with Gasteiger partial charge in [-0.05, 0) is 19.8 Å². The molecule has 0 aromatic carbocycles. The molecule has 0 unspecified atom stereocenters. The number of rotatable bonds is 4. The predicted octanol–water partition coefficient (Wildman–Crippen LogP) is 1.69. The molecule has 0 heterocycles. The summed E-state index contributed by atoms with van der Waals surface area (Å²) in [7, 11) is 0. The first-order chi connectivity index (χ1) is 6.95. The zero-order valence-corrected chi connectivity index (χ0v) is 10.5. The summed E-state index contributed by atoms with van der Waals surface area (Å²) in [6.45, 7) is 5.18. The van der Waals surface area contributed by atoms with Crippen molar-refractivity contribution in [3.63, 3.8) is 0 Å². The van der Waals surface area contributed by atoms with Crippen molar-refractivity contribution in [2.45, 2.75) is 33.6 Å². The van der Waals surface area contributed by atoms with Gasteiger partial charge in [-0.1, -0.05) is 13.8 Å². The Bertz CT molecular complexity index is 224. The minimum absolute atomic E-state index is 0. The molecule has 16 heavy (non-hydrogen) atoms. The van der Waals surface area contributed by atoms with Crippen molar-refractivity contribution in [2.75, 3.05) is 6.61 Å². The maximum atomic E-state index is 10.5. The zero-order valence-electron chi connectivity index (χ0n) is 9.69. The maximum absolute atomic E-state index is 10.5. The molecular weight excluding hydrogens is 236 g/mol. The normalized spacial score (nSPS) is 10.2. The second kappa shape index (κ2) is 12.0. The fourth-order valence-corrected chi connectivity index (χ4v) is 0.987. The Balaban J connectivity index is -0.000000377. The molecule has 3 N–H and O–H groups in total. The summed E-state index contributed by atoms with van der Waals surface area (Å²) in [5, 5.41) is 24.8. The Kier molecular flexibility index (Phi) is 15.3. The number of aliphatic hydroxyl groups excluding tert-OH is 1. The van der Waals surface area contributed by atoms with Crippen LogP contribution in [0.1, 0.15) is 33.6 Å². The Labute approximate surface area is 101 Å². The summed E-state index contributed by atoms with van der Waals surface area (Å²) in [5.74, 6) is -2.28. The first kappa shape index (κ1) is 20.4. The Hall–Kier alpha value is -1.07. The molecule has 0 aliphatic heterocycles. The molecule has 0 aromatic rings. The fraction of sp³-hybridized carbons (Fsp3) is 0.600. The summed E-state index contributed by atoms with van der Waals surface area (Å²) >= 11 is 0. The zero-order chi connectivity index (χ0) is 12.4. The van der Waals surface area contributed by atoms with E-state index in [2.05, 4.69) is 0 Å². The standard InChI is InChI=1S/C8H12O4.C2H6O.ClH/c1-3-5(7(9)10)6(4-2)8(11)12;1-2-3;/h3-4H2,1-2H3,(H,9,10)(H,11,12);3H,2H2,1H3;1H/b6-5-;;. The van der Waals surface area contributed by atoms with Crippen LogP contribution in [0.2, 0.25) is 0 Å². The molecule has 0 bridgehead atoms. The van der Waals surface area contributed by atoms with Crippen molar-refractivity contribution >= 4 is 24.3 Å². The third-order valence-corrected chi connectivity index (χ3v) is 1.59. The van der Waals surface area contributed by atoms with Gasteiger partial charge in [0, 0.05) is 17.8 Å². The van der Waals surface area contributed by atoms with E-state index in [0.29, 0.717) is 0 Å². The average molecular weight is 255 g/mol. The molecule has 0 fully saturated rings. The summed E-state index contributed by atoms with van der Waals surface area (Å²) < 4.78 is 0. The van der Waals surface area contributed by atoms with Gasteiger partial charge in [0.25, 0.3) is 0 Å². The highest BCUT2D eigenvalue weighted by molar-refractivity contribution is 5.98. The van der Waals surface area contributed by atoms with Gasteiger partial charge in [0.05, 0.1) is 0 Å². The van der Waals surface area contributed by atoms with Crippen molar-refractivity contribution in [2.24, 2.45) is 0 Å². The van der Waals surface area contributed by atoms with Crippen LogP contribution in [0.4, 0.5) is 0 Å². The molecule has 96 valence electrons. The highest BCUT2D eigenvalue weighted by atomic mass is 35.5. The second-order valence-electron chi connectivity index (χ2n) is 2.59. The van der Waals surface area contributed by atoms with Crippen molar-refractivity contribution in [1.82, 2.24) is 0 Å². The number of aliphatic carboxylic acids is 2. The quantitative estimate of drug-likeness (QED) is 0.664. The molecule has 0 aliphatic rings. The highest BCUT2D eigenvalue weighted by Crippen LogP contribution is 2.12. The molecule has 6 heteroatoms. The van der Waals surface area contributed by atoms with Crippen LogP contribution in [0.3, 0.4) is 0 Å². The Morgan fingerprint density at radius 2 is 1.06 bits per heavy atom. The SMILES string of the molecule is CC/C(C(=O)O)=C(\CC)C(=O)O.CCO.Cl. The van der Waals surface area contributed by atoms with Crippen LogP contribution in [0.25, 0.3) is 0 Å². The molecular formula is C10H19ClO5. The topological polar surface area (TPSA) is 94.8 Å². The Morgan fingerprint density at radius 3 is 1.12 bits per heavy atom. The van der Waals surface area contributed by atoms with Gasteiger partial charge in [0.1, 0.15) is 0 Å². The van der Waals surface area contributed by atoms with E-state index in [4.69, 9.17) is 15.3 Å². The van der Waals surface area contributed by atoms with E-state index in [1.807, 2.05) is 0 Å². The largest absolute Gasteiger partial charge is 0.478 e. The van der Waals surface area contributed by atoms with Gasteiger partial charge in [-0.3, -0.25) is 0 Å². The minimum Gasteiger partial charge on any atom is -0.478 e. The van der Waals surface area contributed by atoms with Gasteiger partial charge in [0.15, 0.2) is 0 Å². The van der Waals surface area contributed by atoms with E-state index in [-0.39, 0.29) is 43.0 Å². The molecule has 5 nitrogen and oxygen atoms in total. The van der Waals surface area contributed by atoms with Crippen LogP contribution < -0.4 is 0 Å². The van der Waals surface area contributed by atoms with Gasteiger partial charge in [-0.2, -0.15) is 0 Å². The van der Waals surface area contributed by atoms with Crippen LogP contribution >= 0.6 is 12.4 Å². The molecule has 0 rings (SSSR count). The van der Waals surface area contributed by atoms with E-state index < -0.39 is 11.9 Å². The molecule has 0 aromatic heterocycles. The number of halogens is 1. The lowest BCUT2D eigenvalue weighted by Gasteiger charge is -2.03. The number of hydrogen-bond donors (Lipinski definition) is 3. The molecule has 0 atom stereocenters. The van der Waals surface area contributed by atoms with Crippen molar-refractivity contribution < 1.29 is 24.9 Å². The van der Waals surface area contributed by atoms with E-state index in [1.165, 1.54) is 0 Å². The van der Waals surface area contributed by atoms with Gasteiger partial charge < -0.3 is 15.3 Å². The van der Waals surface area contributed by atoms with E-state index in [9.17, 15) is 9.59 Å². The lowest BCUT2D eigenvalue weighted by Crippen LogP contribution is -2.10. The van der Waals surface area contributed by atoms with E-state index in [1.54, 1.807) is 20.8 Å². The van der Waals surface area contributed by atoms with Gasteiger partial charge in [0.2, 0.25) is 0 Å². The summed E-state index contributed by atoms with van der Waals surface area (Å²) in [4.78, 5) is 21.0. The smallest absolute Gasteiger partial charge is 0.332 e. The van der Waals surface area contributed by atoms with Gasteiger partial charge >= 0.3 is 11.9 Å². The van der Waals surface area contributed by atoms with Crippen LogP contribution in [-0.2, 0) is 9.59 Å². The lowest BCUT2D eigenvalue weighted by molar-refractivity contribution is -0.136. The molecule has 0 amide bonds. The number of carboxylic acid groups (broad SMARTS) is 2. The fourth-order valence-electron chi connectivity index (χ4n) is 0.987. The molecule has 0 aliphatic carbocycles.